The van der Waals surface area contributed by atoms with Gasteiger partial charge >= 0.3 is 0 Å². The van der Waals surface area contributed by atoms with Gasteiger partial charge in [-0.2, -0.15) is 0 Å². The van der Waals surface area contributed by atoms with Crippen LogP contribution in [0.4, 0.5) is 0 Å². The van der Waals surface area contributed by atoms with Crippen LogP contribution in [0.5, 0.6) is 0 Å². The molecule has 0 nitrogen and oxygen atoms in total. The molecule has 166 valence electrons. The van der Waals surface area contributed by atoms with E-state index in [1.165, 1.54) is 94.6 Å². The van der Waals surface area contributed by atoms with E-state index in [1.54, 1.807) is 16.7 Å². The van der Waals surface area contributed by atoms with Crippen molar-refractivity contribution in [3.8, 4) is 0 Å². The topological polar surface area (TPSA) is 0 Å². The van der Waals surface area contributed by atoms with E-state index >= 15 is 0 Å². The van der Waals surface area contributed by atoms with Crippen molar-refractivity contribution in [3.63, 3.8) is 0 Å². The molecule has 0 saturated carbocycles. The molecule has 0 amide bonds. The third kappa shape index (κ3) is 7.45. The molecule has 0 radical (unpaired) electrons. The van der Waals surface area contributed by atoms with E-state index in [4.69, 9.17) is 0 Å². The third-order valence-electron chi connectivity index (χ3n) is 8.07. The predicted octanol–water partition coefficient (Wildman–Crippen LogP) is 9.30. The van der Waals surface area contributed by atoms with Gasteiger partial charge in [0.25, 0.3) is 0 Å². The number of hydrogen-bond acceptors (Lipinski definition) is 0. The summed E-state index contributed by atoms with van der Waals surface area (Å²) in [4.78, 5) is 0. The second-order valence-electron chi connectivity index (χ2n) is 11.1. The molecular weight excluding hydrogens is 348 g/mol. The Bertz CT molecular complexity index is 625. The van der Waals surface area contributed by atoms with E-state index < -0.39 is 0 Å². The summed E-state index contributed by atoms with van der Waals surface area (Å²) in [7, 11) is 0. The minimum atomic E-state index is 0.519. The summed E-state index contributed by atoms with van der Waals surface area (Å²) in [6.07, 6.45) is 18.2. The first-order chi connectivity index (χ1) is 13.8. The van der Waals surface area contributed by atoms with Gasteiger partial charge in [-0.15, -0.1) is 0 Å². The lowest BCUT2D eigenvalue weighted by molar-refractivity contribution is 0.238. The van der Waals surface area contributed by atoms with Gasteiger partial charge < -0.3 is 0 Å². The molecule has 0 aliphatic heterocycles. The molecule has 0 N–H and O–H groups in total. The Balaban J connectivity index is 1.72. The van der Waals surface area contributed by atoms with Crippen molar-refractivity contribution in [1.29, 1.82) is 0 Å². The Morgan fingerprint density at radius 2 is 1.45 bits per heavy atom. The molecule has 0 bridgehead atoms. The van der Waals surface area contributed by atoms with Gasteiger partial charge in [-0.25, -0.2) is 0 Å². The van der Waals surface area contributed by atoms with Crippen LogP contribution in [0.25, 0.3) is 0 Å². The Kier molecular flexibility index (Phi) is 9.77. The zero-order chi connectivity index (χ0) is 21.4. The first kappa shape index (κ1) is 24.5. The van der Waals surface area contributed by atoms with Gasteiger partial charge in [0.05, 0.1) is 0 Å². The number of benzene rings is 1. The number of rotatable bonds is 12. The lowest BCUT2D eigenvalue weighted by Gasteiger charge is -2.37. The number of aryl methyl sites for hydroxylation is 2. The molecule has 2 rings (SSSR count). The van der Waals surface area contributed by atoms with Crippen LogP contribution in [-0.4, -0.2) is 0 Å². The van der Waals surface area contributed by atoms with E-state index in [2.05, 4.69) is 54.5 Å². The first-order valence-electron chi connectivity index (χ1n) is 12.8. The van der Waals surface area contributed by atoms with E-state index in [9.17, 15) is 0 Å². The summed E-state index contributed by atoms with van der Waals surface area (Å²) in [5.41, 5.74) is 8.47. The van der Waals surface area contributed by atoms with Crippen LogP contribution >= 0.6 is 0 Å². The summed E-state index contributed by atoms with van der Waals surface area (Å²) in [6.45, 7) is 16.8. The van der Waals surface area contributed by atoms with E-state index in [-0.39, 0.29) is 0 Å². The van der Waals surface area contributed by atoms with Crippen molar-refractivity contribution in [2.24, 2.45) is 17.3 Å². The normalized spacial score (nSPS) is 21.1. The molecule has 3 unspecified atom stereocenters. The lowest BCUT2D eigenvalue weighted by Crippen LogP contribution is -2.27. The molecule has 0 spiro atoms. The van der Waals surface area contributed by atoms with Crippen LogP contribution in [0.15, 0.2) is 6.07 Å². The first-order valence-corrected chi connectivity index (χ1v) is 12.8. The van der Waals surface area contributed by atoms with Gasteiger partial charge in [0.15, 0.2) is 0 Å². The highest BCUT2D eigenvalue weighted by Gasteiger charge is 2.31. The smallest absolute Gasteiger partial charge is 0.0219 e. The number of hydrogen-bond donors (Lipinski definition) is 0. The molecule has 1 aromatic carbocycles. The third-order valence-corrected chi connectivity index (χ3v) is 8.07. The van der Waals surface area contributed by atoms with Crippen LogP contribution in [0.3, 0.4) is 0 Å². The summed E-state index contributed by atoms with van der Waals surface area (Å²) in [5, 5.41) is 0. The van der Waals surface area contributed by atoms with Crippen molar-refractivity contribution in [3.05, 3.63) is 33.9 Å². The van der Waals surface area contributed by atoms with Crippen molar-refractivity contribution in [2.45, 2.75) is 132 Å². The average Bonchev–Trinajstić information content (AvgIpc) is 2.66. The molecular formula is C29H50. The summed E-state index contributed by atoms with van der Waals surface area (Å²) >= 11 is 0. The molecule has 1 aliphatic rings. The molecule has 0 aromatic heterocycles. The highest BCUT2D eigenvalue weighted by Crippen LogP contribution is 2.42. The van der Waals surface area contributed by atoms with Crippen LogP contribution in [-0.2, 0) is 12.8 Å². The molecule has 0 heterocycles. The highest BCUT2D eigenvalue weighted by molar-refractivity contribution is 5.46. The monoisotopic (exact) mass is 398 g/mol. The van der Waals surface area contributed by atoms with Gasteiger partial charge in [0, 0.05) is 0 Å². The Labute approximate surface area is 183 Å². The van der Waals surface area contributed by atoms with Crippen molar-refractivity contribution >= 4 is 0 Å². The SMILES string of the molecule is CCCCCC(C)CCCC(C)CCCC1(C)CCc2c(C)cc(C)c(C)c2C1. The lowest BCUT2D eigenvalue weighted by atomic mass is 9.68. The minimum Gasteiger partial charge on any atom is -0.0654 e. The van der Waals surface area contributed by atoms with Crippen molar-refractivity contribution in [2.75, 3.05) is 0 Å². The quantitative estimate of drug-likeness (QED) is 0.308. The second-order valence-corrected chi connectivity index (χ2v) is 11.1. The maximum atomic E-state index is 2.57. The Hall–Kier alpha value is -0.780. The average molecular weight is 399 g/mol. The van der Waals surface area contributed by atoms with E-state index in [0.717, 1.165) is 11.8 Å². The van der Waals surface area contributed by atoms with Crippen LogP contribution in [0.2, 0.25) is 0 Å². The molecule has 3 atom stereocenters. The molecule has 1 aromatic rings. The fourth-order valence-corrected chi connectivity index (χ4v) is 5.69. The molecule has 1 aliphatic carbocycles. The standard InChI is InChI=1S/C29H50/c1-8-9-10-13-22(2)14-11-15-23(3)16-12-18-29(7)19-17-27-25(5)20-24(4)26(6)28(27)21-29/h20,22-23H,8-19,21H2,1-7H3. The highest BCUT2D eigenvalue weighted by atomic mass is 14.4. The van der Waals surface area contributed by atoms with Crippen LogP contribution < -0.4 is 0 Å². The molecule has 0 fully saturated rings. The van der Waals surface area contributed by atoms with Crippen molar-refractivity contribution < 1.29 is 0 Å². The predicted molar refractivity (Wildman–Crippen MR) is 131 cm³/mol. The molecule has 29 heavy (non-hydrogen) atoms. The van der Waals surface area contributed by atoms with E-state index in [0.29, 0.717) is 5.41 Å². The molecule has 0 heteroatoms. The molecule has 0 saturated heterocycles. The van der Waals surface area contributed by atoms with Crippen molar-refractivity contribution in [1.82, 2.24) is 0 Å². The van der Waals surface area contributed by atoms with Crippen LogP contribution in [0, 0.1) is 38.0 Å². The largest absolute Gasteiger partial charge is 0.0654 e. The maximum absolute atomic E-state index is 2.57. The van der Waals surface area contributed by atoms with Gasteiger partial charge in [-0.05, 0) is 91.5 Å². The number of fused-ring (bicyclic) bond motifs is 1. The second kappa shape index (κ2) is 11.6. The Morgan fingerprint density at radius 1 is 0.828 bits per heavy atom. The minimum absolute atomic E-state index is 0.519. The number of unbranched alkanes of at least 4 members (excludes halogenated alkanes) is 2. The fraction of sp³-hybridized carbons (Fsp3) is 0.793. The van der Waals surface area contributed by atoms with Crippen LogP contribution in [0.1, 0.15) is 126 Å². The summed E-state index contributed by atoms with van der Waals surface area (Å²) < 4.78 is 0. The van der Waals surface area contributed by atoms with Gasteiger partial charge in [0.1, 0.15) is 0 Å². The zero-order valence-corrected chi connectivity index (χ0v) is 20.9. The van der Waals surface area contributed by atoms with E-state index in [1.807, 2.05) is 0 Å². The maximum Gasteiger partial charge on any atom is -0.0219 e. The Morgan fingerprint density at radius 3 is 2.10 bits per heavy atom. The summed E-state index contributed by atoms with van der Waals surface area (Å²) in [5.74, 6) is 1.84. The van der Waals surface area contributed by atoms with Gasteiger partial charge in [-0.1, -0.05) is 91.5 Å². The van der Waals surface area contributed by atoms with Gasteiger partial charge in [0.2, 0.25) is 0 Å². The fourth-order valence-electron chi connectivity index (χ4n) is 5.69. The zero-order valence-electron chi connectivity index (χ0n) is 20.9. The van der Waals surface area contributed by atoms with Gasteiger partial charge in [-0.3, -0.25) is 0 Å². The summed E-state index contributed by atoms with van der Waals surface area (Å²) in [6, 6.07) is 2.41.